The van der Waals surface area contributed by atoms with Crippen molar-refractivity contribution in [3.63, 3.8) is 0 Å². The van der Waals surface area contributed by atoms with Gasteiger partial charge >= 0.3 is 0 Å². The molecule has 0 saturated heterocycles. The lowest BCUT2D eigenvalue weighted by atomic mass is 10.3. The van der Waals surface area contributed by atoms with E-state index >= 15 is 0 Å². The summed E-state index contributed by atoms with van der Waals surface area (Å²) in [6.45, 7) is 2.44. The molecule has 4 heteroatoms. The number of rotatable bonds is 4. The quantitative estimate of drug-likeness (QED) is 0.552. The fourth-order valence-electron chi connectivity index (χ4n) is 0.782. The Labute approximate surface area is 70.5 Å². The third-order valence-electron chi connectivity index (χ3n) is 1.29. The Bertz CT molecular complexity index is 263. The fourth-order valence-corrected chi connectivity index (χ4v) is 0.782. The van der Waals surface area contributed by atoms with E-state index in [0.717, 1.165) is 5.69 Å². The van der Waals surface area contributed by atoms with E-state index in [1.807, 2.05) is 6.92 Å². The normalized spacial score (nSPS) is 9.42. The molecule has 0 bridgehead atoms. The molecule has 0 spiro atoms. The van der Waals surface area contributed by atoms with Crippen molar-refractivity contribution in [2.75, 3.05) is 12.1 Å². The second-order valence-corrected chi connectivity index (χ2v) is 2.18. The summed E-state index contributed by atoms with van der Waals surface area (Å²) in [6.07, 6.45) is 0. The zero-order chi connectivity index (χ0) is 8.81. The molecular weight excluding hydrogens is 156 g/mol. The first-order valence-corrected chi connectivity index (χ1v) is 3.68. The van der Waals surface area contributed by atoms with E-state index < -0.39 is 0 Å². The van der Waals surface area contributed by atoms with Gasteiger partial charge in [0.25, 0.3) is 0 Å². The highest BCUT2D eigenvalue weighted by Crippen LogP contribution is 2.16. The predicted molar refractivity (Wildman–Crippen MR) is 47.1 cm³/mol. The minimum absolute atomic E-state index is 0.389. The van der Waals surface area contributed by atoms with E-state index in [1.165, 1.54) is 0 Å². The summed E-state index contributed by atoms with van der Waals surface area (Å²) >= 11 is 0. The summed E-state index contributed by atoms with van der Waals surface area (Å²) in [5.74, 6) is 0. The Hall–Kier alpha value is -1.42. The second kappa shape index (κ2) is 4.46. The average molecular weight is 166 g/mol. The van der Waals surface area contributed by atoms with E-state index in [4.69, 9.17) is 4.84 Å². The first kappa shape index (κ1) is 8.67. The van der Waals surface area contributed by atoms with Gasteiger partial charge in [-0.25, -0.2) is 0 Å². The highest BCUT2D eigenvalue weighted by molar-refractivity contribution is 5.52. The monoisotopic (exact) mass is 166 g/mol. The van der Waals surface area contributed by atoms with E-state index in [9.17, 15) is 4.91 Å². The van der Waals surface area contributed by atoms with Crippen molar-refractivity contribution in [3.05, 3.63) is 29.2 Å². The number of benzene rings is 1. The van der Waals surface area contributed by atoms with Crippen molar-refractivity contribution in [2.24, 2.45) is 5.18 Å². The van der Waals surface area contributed by atoms with Crippen molar-refractivity contribution in [2.45, 2.75) is 6.92 Å². The molecule has 1 aromatic carbocycles. The molecule has 64 valence electrons. The van der Waals surface area contributed by atoms with Crippen LogP contribution in [0.1, 0.15) is 6.92 Å². The molecule has 0 heterocycles. The Balaban J connectivity index is 2.66. The smallest absolute Gasteiger partial charge is 0.110 e. The number of hydrogen-bond donors (Lipinski definition) is 1. The molecule has 0 amide bonds. The van der Waals surface area contributed by atoms with Crippen LogP contribution in [0.15, 0.2) is 29.4 Å². The lowest BCUT2D eigenvalue weighted by Gasteiger charge is -2.03. The van der Waals surface area contributed by atoms with Crippen LogP contribution < -0.4 is 5.48 Å². The molecule has 12 heavy (non-hydrogen) atoms. The van der Waals surface area contributed by atoms with E-state index in [1.54, 1.807) is 24.3 Å². The minimum atomic E-state index is 0.389. The molecular formula is C8H10N2O2. The van der Waals surface area contributed by atoms with Gasteiger partial charge in [0.05, 0.1) is 12.3 Å². The number of hydrogen-bond acceptors (Lipinski definition) is 4. The first-order chi connectivity index (χ1) is 5.86. The van der Waals surface area contributed by atoms with Gasteiger partial charge in [0, 0.05) is 0 Å². The lowest BCUT2D eigenvalue weighted by molar-refractivity contribution is 0.210. The van der Waals surface area contributed by atoms with Crippen molar-refractivity contribution in [1.82, 2.24) is 0 Å². The third kappa shape index (κ3) is 2.32. The molecule has 1 rings (SSSR count). The Morgan fingerprint density at radius 2 is 2.42 bits per heavy atom. The van der Waals surface area contributed by atoms with Crippen LogP contribution in [0, 0.1) is 4.91 Å². The van der Waals surface area contributed by atoms with Gasteiger partial charge in [-0.05, 0) is 30.3 Å². The summed E-state index contributed by atoms with van der Waals surface area (Å²) in [6, 6.07) is 6.77. The van der Waals surface area contributed by atoms with Gasteiger partial charge in [0.1, 0.15) is 5.69 Å². The van der Waals surface area contributed by atoms with E-state index in [0.29, 0.717) is 12.3 Å². The van der Waals surface area contributed by atoms with E-state index in [-0.39, 0.29) is 0 Å². The molecule has 0 aliphatic heterocycles. The van der Waals surface area contributed by atoms with Crippen LogP contribution >= 0.6 is 0 Å². The molecule has 0 radical (unpaired) electrons. The van der Waals surface area contributed by atoms with Crippen molar-refractivity contribution >= 4 is 11.4 Å². The van der Waals surface area contributed by atoms with Gasteiger partial charge in [0.2, 0.25) is 0 Å². The molecule has 1 aromatic rings. The Kier molecular flexibility index (Phi) is 3.22. The summed E-state index contributed by atoms with van der Waals surface area (Å²) in [4.78, 5) is 15.0. The number of anilines is 1. The molecule has 0 aromatic heterocycles. The molecule has 1 N–H and O–H groups in total. The molecule has 0 fully saturated rings. The summed E-state index contributed by atoms with van der Waals surface area (Å²) in [5, 5.41) is 2.79. The van der Waals surface area contributed by atoms with Crippen LogP contribution in [0.25, 0.3) is 0 Å². The first-order valence-electron chi connectivity index (χ1n) is 3.68. The highest BCUT2D eigenvalue weighted by atomic mass is 16.6. The SMILES string of the molecule is CCONc1cccc(N=O)c1. The average Bonchev–Trinajstić information content (AvgIpc) is 2.15. The maximum absolute atomic E-state index is 10.1. The van der Waals surface area contributed by atoms with Crippen LogP contribution in [-0.2, 0) is 4.84 Å². The molecule has 0 saturated carbocycles. The third-order valence-corrected chi connectivity index (χ3v) is 1.29. The van der Waals surface area contributed by atoms with Crippen LogP contribution in [0.3, 0.4) is 0 Å². The van der Waals surface area contributed by atoms with Crippen molar-refractivity contribution < 1.29 is 4.84 Å². The van der Waals surface area contributed by atoms with Gasteiger partial charge < -0.3 is 0 Å². The maximum atomic E-state index is 10.1. The summed E-state index contributed by atoms with van der Waals surface area (Å²) < 4.78 is 0. The van der Waals surface area contributed by atoms with Gasteiger partial charge in [0.15, 0.2) is 0 Å². The van der Waals surface area contributed by atoms with Crippen molar-refractivity contribution in [1.29, 1.82) is 0 Å². The Morgan fingerprint density at radius 3 is 3.08 bits per heavy atom. The summed E-state index contributed by atoms with van der Waals surface area (Å²) in [7, 11) is 0. The molecule has 0 unspecified atom stereocenters. The van der Waals surface area contributed by atoms with Gasteiger partial charge in [-0.3, -0.25) is 10.3 Å². The van der Waals surface area contributed by atoms with Crippen molar-refractivity contribution in [3.8, 4) is 0 Å². The largest absolute Gasteiger partial charge is 0.276 e. The minimum Gasteiger partial charge on any atom is -0.276 e. The van der Waals surface area contributed by atoms with Gasteiger partial charge in [-0.15, -0.1) is 4.91 Å². The standard InChI is InChI=1S/C8H10N2O2/c1-2-12-10-8-5-3-4-7(6-8)9-11/h3-6,10H,2H2,1H3. The zero-order valence-corrected chi connectivity index (χ0v) is 6.78. The molecule has 0 aliphatic rings. The number of nitrogens with one attached hydrogen (secondary N) is 1. The molecule has 0 aliphatic carbocycles. The zero-order valence-electron chi connectivity index (χ0n) is 6.78. The highest BCUT2D eigenvalue weighted by Gasteiger charge is 1.93. The lowest BCUT2D eigenvalue weighted by Crippen LogP contribution is -1.99. The van der Waals surface area contributed by atoms with E-state index in [2.05, 4.69) is 10.7 Å². The summed E-state index contributed by atoms with van der Waals surface area (Å²) in [5.41, 5.74) is 3.79. The second-order valence-electron chi connectivity index (χ2n) is 2.18. The van der Waals surface area contributed by atoms with Gasteiger partial charge in [-0.1, -0.05) is 6.07 Å². The number of nitroso groups, excluding NO2 is 1. The van der Waals surface area contributed by atoms with Crippen LogP contribution in [0.4, 0.5) is 11.4 Å². The van der Waals surface area contributed by atoms with Gasteiger partial charge in [-0.2, -0.15) is 0 Å². The molecule has 4 nitrogen and oxygen atoms in total. The fraction of sp³-hybridized carbons (Fsp3) is 0.250. The maximum Gasteiger partial charge on any atom is 0.110 e. The number of nitrogens with zero attached hydrogens (tertiary/aromatic N) is 1. The van der Waals surface area contributed by atoms with Crippen LogP contribution in [0.2, 0.25) is 0 Å². The predicted octanol–water partition coefficient (Wildman–Crippen LogP) is 2.45. The Morgan fingerprint density at radius 1 is 1.58 bits per heavy atom. The van der Waals surface area contributed by atoms with Crippen LogP contribution in [0.5, 0.6) is 0 Å². The van der Waals surface area contributed by atoms with Crippen LogP contribution in [-0.4, -0.2) is 6.61 Å². The topological polar surface area (TPSA) is 50.7 Å². The molecule has 0 atom stereocenters.